The molecule has 15 heavy (non-hydrogen) atoms. The fourth-order valence-electron chi connectivity index (χ4n) is 1.56. The minimum Gasteiger partial charge on any atom is -0.384 e. The van der Waals surface area contributed by atoms with Crippen molar-refractivity contribution in [3.63, 3.8) is 0 Å². The fraction of sp³-hybridized carbons (Fsp3) is 0.300. The van der Waals surface area contributed by atoms with E-state index in [-0.39, 0.29) is 0 Å². The second-order valence-corrected chi connectivity index (χ2v) is 3.28. The number of rotatable bonds is 2. The first kappa shape index (κ1) is 9.64. The molecule has 78 valence electrons. The third kappa shape index (κ3) is 1.68. The highest BCUT2D eigenvalue weighted by Crippen LogP contribution is 2.18. The van der Waals surface area contributed by atoms with Crippen LogP contribution in [0.4, 0.5) is 5.82 Å². The summed E-state index contributed by atoms with van der Waals surface area (Å²) in [7, 11) is 0. The molecule has 0 aromatic carbocycles. The molecule has 5 heteroatoms. The molecule has 2 aromatic rings. The minimum atomic E-state index is 0.496. The number of hydrogen-bond acceptors (Lipinski definition) is 4. The molecule has 0 radical (unpaired) electrons. The molecular formula is C10H13N5. The van der Waals surface area contributed by atoms with E-state index in [0.717, 1.165) is 23.8 Å². The number of nitrogens with zero attached hydrogens (tertiary/aromatic N) is 4. The highest BCUT2D eigenvalue weighted by molar-refractivity contribution is 5.58. The second kappa shape index (κ2) is 3.68. The van der Waals surface area contributed by atoms with Gasteiger partial charge in [0.15, 0.2) is 5.82 Å². The monoisotopic (exact) mass is 203 g/mol. The Kier molecular flexibility index (Phi) is 2.37. The molecule has 5 nitrogen and oxygen atoms in total. The van der Waals surface area contributed by atoms with Gasteiger partial charge in [-0.1, -0.05) is 0 Å². The van der Waals surface area contributed by atoms with Crippen molar-refractivity contribution in [2.75, 3.05) is 5.73 Å². The molecule has 0 amide bonds. The lowest BCUT2D eigenvalue weighted by molar-refractivity contribution is 0.736. The van der Waals surface area contributed by atoms with Crippen LogP contribution < -0.4 is 5.73 Å². The number of nitrogens with two attached hydrogens (primary N) is 1. The van der Waals surface area contributed by atoms with Gasteiger partial charge in [-0.3, -0.25) is 0 Å². The molecule has 0 fully saturated rings. The maximum Gasteiger partial charge on any atom is 0.164 e. The molecular weight excluding hydrogens is 190 g/mol. The highest BCUT2D eigenvalue weighted by atomic mass is 15.3. The molecule has 0 saturated carbocycles. The first-order valence-electron chi connectivity index (χ1n) is 4.84. The summed E-state index contributed by atoms with van der Waals surface area (Å²) in [6, 6.07) is 3.68. The van der Waals surface area contributed by atoms with Crippen LogP contribution in [0.15, 0.2) is 18.3 Å². The SMILES string of the molecule is CCn1c(C)nnc1-c1ccnc(N)c1. The highest BCUT2D eigenvalue weighted by Gasteiger charge is 2.09. The standard InChI is InChI=1S/C10H13N5/c1-3-15-7(2)13-14-10(15)8-4-5-12-9(11)6-8/h4-6H,3H2,1-2H3,(H2,11,12). The van der Waals surface area contributed by atoms with Crippen molar-refractivity contribution in [1.29, 1.82) is 0 Å². The Balaban J connectivity index is 2.54. The summed E-state index contributed by atoms with van der Waals surface area (Å²) in [4.78, 5) is 3.95. The predicted octanol–water partition coefficient (Wildman–Crippen LogP) is 1.25. The summed E-state index contributed by atoms with van der Waals surface area (Å²) >= 11 is 0. The van der Waals surface area contributed by atoms with E-state index in [2.05, 4.69) is 22.1 Å². The van der Waals surface area contributed by atoms with Crippen LogP contribution >= 0.6 is 0 Å². The number of aromatic nitrogens is 4. The molecule has 0 unspecified atom stereocenters. The van der Waals surface area contributed by atoms with Crippen molar-refractivity contribution in [2.45, 2.75) is 20.4 Å². The van der Waals surface area contributed by atoms with Crippen LogP contribution in [0.2, 0.25) is 0 Å². The second-order valence-electron chi connectivity index (χ2n) is 3.28. The predicted molar refractivity (Wildman–Crippen MR) is 58.1 cm³/mol. The number of hydrogen-bond donors (Lipinski definition) is 1. The van der Waals surface area contributed by atoms with Gasteiger partial charge in [0.1, 0.15) is 11.6 Å². The molecule has 0 spiro atoms. The zero-order chi connectivity index (χ0) is 10.8. The number of anilines is 1. The number of aryl methyl sites for hydroxylation is 1. The molecule has 2 N–H and O–H groups in total. The quantitative estimate of drug-likeness (QED) is 0.797. The lowest BCUT2D eigenvalue weighted by Crippen LogP contribution is -2.00. The Hall–Kier alpha value is -1.91. The van der Waals surface area contributed by atoms with Crippen LogP contribution in [0, 0.1) is 6.92 Å². The van der Waals surface area contributed by atoms with E-state index in [9.17, 15) is 0 Å². The number of nitrogen functional groups attached to an aromatic ring is 1. The van der Waals surface area contributed by atoms with E-state index in [0.29, 0.717) is 5.82 Å². The Morgan fingerprint density at radius 1 is 1.40 bits per heavy atom. The maximum absolute atomic E-state index is 5.63. The van der Waals surface area contributed by atoms with Gasteiger partial charge in [0.25, 0.3) is 0 Å². The van der Waals surface area contributed by atoms with Gasteiger partial charge in [-0.25, -0.2) is 4.98 Å². The fourth-order valence-corrected chi connectivity index (χ4v) is 1.56. The van der Waals surface area contributed by atoms with E-state index in [1.807, 2.05) is 17.6 Å². The molecule has 0 atom stereocenters. The Morgan fingerprint density at radius 3 is 2.87 bits per heavy atom. The summed E-state index contributed by atoms with van der Waals surface area (Å²) in [5.74, 6) is 2.24. The number of pyridine rings is 1. The summed E-state index contributed by atoms with van der Waals surface area (Å²) in [5, 5.41) is 8.17. The van der Waals surface area contributed by atoms with Gasteiger partial charge in [-0.15, -0.1) is 10.2 Å². The van der Waals surface area contributed by atoms with Crippen molar-refractivity contribution in [3.8, 4) is 11.4 Å². The average molecular weight is 203 g/mol. The van der Waals surface area contributed by atoms with Crippen molar-refractivity contribution in [3.05, 3.63) is 24.2 Å². The van der Waals surface area contributed by atoms with Crippen LogP contribution in [0.5, 0.6) is 0 Å². The summed E-state index contributed by atoms with van der Waals surface area (Å²) < 4.78 is 2.04. The van der Waals surface area contributed by atoms with Gasteiger partial charge in [0.05, 0.1) is 0 Å². The van der Waals surface area contributed by atoms with Crippen LogP contribution in [-0.2, 0) is 6.54 Å². The zero-order valence-electron chi connectivity index (χ0n) is 8.81. The van der Waals surface area contributed by atoms with Crippen LogP contribution in [-0.4, -0.2) is 19.7 Å². The van der Waals surface area contributed by atoms with Crippen LogP contribution in [0.1, 0.15) is 12.7 Å². The van der Waals surface area contributed by atoms with Gasteiger partial charge >= 0.3 is 0 Å². The molecule has 2 heterocycles. The van der Waals surface area contributed by atoms with E-state index < -0.39 is 0 Å². The van der Waals surface area contributed by atoms with Crippen molar-refractivity contribution in [1.82, 2.24) is 19.7 Å². The average Bonchev–Trinajstić information content (AvgIpc) is 2.59. The molecule has 0 saturated heterocycles. The van der Waals surface area contributed by atoms with E-state index in [4.69, 9.17) is 5.73 Å². The van der Waals surface area contributed by atoms with Crippen molar-refractivity contribution in [2.24, 2.45) is 0 Å². The molecule has 0 aliphatic heterocycles. The topological polar surface area (TPSA) is 69.6 Å². The Labute approximate surface area is 88.0 Å². The molecule has 0 aliphatic rings. The van der Waals surface area contributed by atoms with Gasteiger partial charge in [0.2, 0.25) is 0 Å². The summed E-state index contributed by atoms with van der Waals surface area (Å²) in [6.45, 7) is 4.84. The van der Waals surface area contributed by atoms with Gasteiger partial charge in [-0.05, 0) is 26.0 Å². The molecule has 2 aromatic heterocycles. The van der Waals surface area contributed by atoms with E-state index in [1.54, 1.807) is 12.3 Å². The first-order chi connectivity index (χ1) is 7.22. The van der Waals surface area contributed by atoms with Gasteiger partial charge in [0, 0.05) is 18.3 Å². The van der Waals surface area contributed by atoms with E-state index >= 15 is 0 Å². The smallest absolute Gasteiger partial charge is 0.164 e. The van der Waals surface area contributed by atoms with Crippen molar-refractivity contribution >= 4 is 5.82 Å². The van der Waals surface area contributed by atoms with Gasteiger partial charge < -0.3 is 10.3 Å². The van der Waals surface area contributed by atoms with Crippen LogP contribution in [0.25, 0.3) is 11.4 Å². The lowest BCUT2D eigenvalue weighted by atomic mass is 10.2. The van der Waals surface area contributed by atoms with Crippen molar-refractivity contribution < 1.29 is 0 Å². The third-order valence-corrected chi connectivity index (χ3v) is 2.29. The lowest BCUT2D eigenvalue weighted by Gasteiger charge is -2.05. The van der Waals surface area contributed by atoms with Gasteiger partial charge in [-0.2, -0.15) is 0 Å². The largest absolute Gasteiger partial charge is 0.384 e. The first-order valence-corrected chi connectivity index (χ1v) is 4.84. The Morgan fingerprint density at radius 2 is 2.20 bits per heavy atom. The zero-order valence-corrected chi connectivity index (χ0v) is 8.81. The summed E-state index contributed by atoms with van der Waals surface area (Å²) in [6.07, 6.45) is 1.68. The molecule has 0 aliphatic carbocycles. The van der Waals surface area contributed by atoms with Crippen LogP contribution in [0.3, 0.4) is 0 Å². The molecule has 2 rings (SSSR count). The third-order valence-electron chi connectivity index (χ3n) is 2.29. The van der Waals surface area contributed by atoms with E-state index in [1.165, 1.54) is 0 Å². The minimum absolute atomic E-state index is 0.496. The summed E-state index contributed by atoms with van der Waals surface area (Å²) in [5.41, 5.74) is 6.57. The Bertz CT molecular complexity index is 474. The molecule has 0 bridgehead atoms. The normalized spacial score (nSPS) is 10.5. The maximum atomic E-state index is 5.63.